The molecule has 7 heteroatoms. The summed E-state index contributed by atoms with van der Waals surface area (Å²) < 4.78 is 28.8. The monoisotopic (exact) mass is 390 g/mol. The summed E-state index contributed by atoms with van der Waals surface area (Å²) in [6, 6.07) is 2.03. The fraction of sp³-hybridized carbons (Fsp3) is 0.500. The Morgan fingerprint density at radius 2 is 1.87 bits per heavy atom. The number of carbonyl (C=O) groups excluding carboxylic acids is 2. The Morgan fingerprint density at radius 3 is 2.39 bits per heavy atom. The molecule has 0 atom stereocenters. The van der Waals surface area contributed by atoms with Crippen LogP contribution in [0.25, 0.3) is 0 Å². The van der Waals surface area contributed by atoms with E-state index in [1.807, 2.05) is 13.8 Å². The molecule has 128 valence electrons. The maximum atomic E-state index is 13.6. The van der Waals surface area contributed by atoms with E-state index in [2.05, 4.69) is 15.9 Å². The normalized spacial score (nSPS) is 11.3. The first-order valence-corrected chi connectivity index (χ1v) is 7.86. The molecule has 0 fully saturated rings. The molecular formula is C16H20BrFO5. The van der Waals surface area contributed by atoms with Crippen LogP contribution in [0.3, 0.4) is 0 Å². The summed E-state index contributed by atoms with van der Waals surface area (Å²) in [4.78, 5) is 23.9. The van der Waals surface area contributed by atoms with E-state index in [1.54, 1.807) is 20.8 Å². The van der Waals surface area contributed by atoms with E-state index >= 15 is 0 Å². The first kappa shape index (κ1) is 19.4. The first-order chi connectivity index (χ1) is 10.5. The van der Waals surface area contributed by atoms with Gasteiger partial charge in [0.25, 0.3) is 0 Å². The van der Waals surface area contributed by atoms with E-state index in [4.69, 9.17) is 14.2 Å². The van der Waals surface area contributed by atoms with Crippen LogP contribution in [0.5, 0.6) is 5.75 Å². The molecule has 5 nitrogen and oxygen atoms in total. The lowest BCUT2D eigenvalue weighted by Gasteiger charge is -2.19. The maximum absolute atomic E-state index is 13.6. The topological polar surface area (TPSA) is 61.8 Å². The van der Waals surface area contributed by atoms with Gasteiger partial charge in [-0.25, -0.2) is 14.0 Å². The molecule has 0 aliphatic heterocycles. The molecule has 1 rings (SSSR count). The van der Waals surface area contributed by atoms with Crippen LogP contribution in [-0.2, 0) is 9.47 Å². The van der Waals surface area contributed by atoms with E-state index in [0.717, 1.165) is 12.1 Å². The summed E-state index contributed by atoms with van der Waals surface area (Å²) in [7, 11) is 0. The molecule has 0 heterocycles. The zero-order valence-corrected chi connectivity index (χ0v) is 15.3. The molecule has 0 saturated heterocycles. The third-order valence-electron chi connectivity index (χ3n) is 2.35. The number of carbonyl (C=O) groups is 2. The highest BCUT2D eigenvalue weighted by Gasteiger charge is 2.24. The highest BCUT2D eigenvalue weighted by molar-refractivity contribution is 9.10. The molecule has 0 radical (unpaired) electrons. The molecule has 23 heavy (non-hydrogen) atoms. The van der Waals surface area contributed by atoms with Gasteiger partial charge >= 0.3 is 12.1 Å². The number of halogens is 2. The van der Waals surface area contributed by atoms with Crippen molar-refractivity contribution in [2.45, 2.75) is 40.2 Å². The largest absolute Gasteiger partial charge is 0.514 e. The van der Waals surface area contributed by atoms with Gasteiger partial charge in [0.1, 0.15) is 17.0 Å². The van der Waals surface area contributed by atoms with Crippen LogP contribution in [-0.4, -0.2) is 24.3 Å². The van der Waals surface area contributed by atoms with Crippen molar-refractivity contribution >= 4 is 28.1 Å². The third-order valence-corrected chi connectivity index (χ3v) is 2.94. The van der Waals surface area contributed by atoms with E-state index < -0.39 is 23.5 Å². The minimum atomic E-state index is -0.997. The van der Waals surface area contributed by atoms with Crippen molar-refractivity contribution in [1.82, 2.24) is 0 Å². The summed E-state index contributed by atoms with van der Waals surface area (Å²) in [6.07, 6.45) is -0.997. The van der Waals surface area contributed by atoms with Gasteiger partial charge in [0.2, 0.25) is 0 Å². The first-order valence-electron chi connectivity index (χ1n) is 7.06. The van der Waals surface area contributed by atoms with Crippen LogP contribution < -0.4 is 4.74 Å². The Labute approximate surface area is 143 Å². The van der Waals surface area contributed by atoms with Gasteiger partial charge in [-0.05, 0) is 54.8 Å². The van der Waals surface area contributed by atoms with Gasteiger partial charge in [-0.3, -0.25) is 0 Å². The van der Waals surface area contributed by atoms with Gasteiger partial charge in [0, 0.05) is 0 Å². The predicted molar refractivity (Wildman–Crippen MR) is 86.1 cm³/mol. The lowest BCUT2D eigenvalue weighted by molar-refractivity contribution is 0.0199. The van der Waals surface area contributed by atoms with Gasteiger partial charge in [-0.15, -0.1) is 0 Å². The van der Waals surface area contributed by atoms with Gasteiger partial charge in [-0.2, -0.15) is 0 Å². The highest BCUT2D eigenvalue weighted by atomic mass is 79.9. The zero-order chi connectivity index (χ0) is 17.8. The minimum Gasteiger partial charge on any atom is -0.462 e. The molecule has 0 bridgehead atoms. The van der Waals surface area contributed by atoms with Crippen molar-refractivity contribution in [3.63, 3.8) is 0 Å². The van der Waals surface area contributed by atoms with E-state index in [-0.39, 0.29) is 28.3 Å². The standard InChI is InChI=1S/C16H20BrFO5/c1-9(2)8-21-14(19)11-6-10(18)7-12(17)13(11)22-15(20)23-16(3,4)5/h6-7,9H,8H2,1-5H3. The molecule has 1 aromatic rings. The molecule has 0 spiro atoms. The average Bonchev–Trinajstić information content (AvgIpc) is 2.36. The number of benzene rings is 1. The van der Waals surface area contributed by atoms with Gasteiger partial charge in [0.15, 0.2) is 5.75 Å². The number of ether oxygens (including phenoxy) is 3. The van der Waals surface area contributed by atoms with Crippen molar-refractivity contribution in [2.75, 3.05) is 6.61 Å². The van der Waals surface area contributed by atoms with Crippen LogP contribution in [0.1, 0.15) is 45.0 Å². The molecule has 0 amide bonds. The van der Waals surface area contributed by atoms with E-state index in [0.29, 0.717) is 0 Å². The highest BCUT2D eigenvalue weighted by Crippen LogP contribution is 2.32. The maximum Gasteiger partial charge on any atom is 0.514 e. The summed E-state index contributed by atoms with van der Waals surface area (Å²) in [5.41, 5.74) is -0.953. The Balaban J connectivity index is 3.06. The Bertz CT molecular complexity index is 593. The third kappa shape index (κ3) is 6.56. The lowest BCUT2D eigenvalue weighted by atomic mass is 10.2. The van der Waals surface area contributed by atoms with Crippen molar-refractivity contribution < 1.29 is 28.2 Å². The second kappa shape index (κ2) is 7.77. The SMILES string of the molecule is CC(C)COC(=O)c1cc(F)cc(Br)c1OC(=O)OC(C)(C)C. The molecule has 0 aliphatic rings. The van der Waals surface area contributed by atoms with Gasteiger partial charge in [0.05, 0.1) is 11.1 Å². The summed E-state index contributed by atoms with van der Waals surface area (Å²) in [5.74, 6) is -1.47. The molecular weight excluding hydrogens is 371 g/mol. The van der Waals surface area contributed by atoms with Crippen molar-refractivity contribution in [1.29, 1.82) is 0 Å². The smallest absolute Gasteiger partial charge is 0.462 e. The second-order valence-electron chi connectivity index (χ2n) is 6.32. The predicted octanol–water partition coefficient (Wildman–Crippen LogP) is 4.71. The van der Waals surface area contributed by atoms with Crippen LogP contribution in [0.2, 0.25) is 0 Å². The summed E-state index contributed by atoms with van der Waals surface area (Å²) in [6.45, 7) is 8.92. The Hall–Kier alpha value is -1.63. The lowest BCUT2D eigenvalue weighted by Crippen LogP contribution is -2.26. The molecule has 0 saturated carbocycles. The van der Waals surface area contributed by atoms with Gasteiger partial charge in [-0.1, -0.05) is 13.8 Å². The van der Waals surface area contributed by atoms with Crippen LogP contribution in [0.15, 0.2) is 16.6 Å². The van der Waals surface area contributed by atoms with Crippen molar-refractivity contribution in [2.24, 2.45) is 5.92 Å². The van der Waals surface area contributed by atoms with E-state index in [1.165, 1.54) is 0 Å². The minimum absolute atomic E-state index is 0.111. The molecule has 0 aromatic heterocycles. The zero-order valence-electron chi connectivity index (χ0n) is 13.7. The number of hydrogen-bond donors (Lipinski definition) is 0. The number of esters is 1. The Kier molecular flexibility index (Phi) is 6.56. The molecule has 1 aromatic carbocycles. The second-order valence-corrected chi connectivity index (χ2v) is 7.18. The number of rotatable bonds is 4. The van der Waals surface area contributed by atoms with Crippen molar-refractivity contribution in [3.8, 4) is 5.75 Å². The molecule has 0 aliphatic carbocycles. The van der Waals surface area contributed by atoms with E-state index in [9.17, 15) is 14.0 Å². The quantitative estimate of drug-likeness (QED) is 0.549. The fourth-order valence-corrected chi connectivity index (χ4v) is 2.00. The van der Waals surface area contributed by atoms with Crippen molar-refractivity contribution in [3.05, 3.63) is 28.0 Å². The molecule has 0 N–H and O–H groups in total. The number of hydrogen-bond acceptors (Lipinski definition) is 5. The van der Waals surface area contributed by atoms with Gasteiger partial charge < -0.3 is 14.2 Å². The van der Waals surface area contributed by atoms with Crippen LogP contribution in [0, 0.1) is 11.7 Å². The van der Waals surface area contributed by atoms with Crippen LogP contribution >= 0.6 is 15.9 Å². The van der Waals surface area contributed by atoms with Crippen LogP contribution in [0.4, 0.5) is 9.18 Å². The average molecular weight is 391 g/mol. The fourth-order valence-electron chi connectivity index (χ4n) is 1.49. The summed E-state index contributed by atoms with van der Waals surface area (Å²) in [5, 5.41) is 0. The molecule has 0 unspecified atom stereocenters. The summed E-state index contributed by atoms with van der Waals surface area (Å²) >= 11 is 3.07. The Morgan fingerprint density at radius 1 is 1.26 bits per heavy atom.